The van der Waals surface area contributed by atoms with Gasteiger partial charge in [-0.05, 0) is 30.5 Å². The highest BCUT2D eigenvalue weighted by atomic mass is 32.1. The van der Waals surface area contributed by atoms with E-state index in [0.717, 1.165) is 17.9 Å². The number of carbonyl (C=O) groups excluding carboxylic acids is 2. The first kappa shape index (κ1) is 17.0. The molecule has 0 unspecified atom stereocenters. The van der Waals surface area contributed by atoms with Gasteiger partial charge < -0.3 is 9.88 Å². The summed E-state index contributed by atoms with van der Waals surface area (Å²) >= 11 is 1.39. The minimum absolute atomic E-state index is 0.00468. The molecule has 25 heavy (non-hydrogen) atoms. The van der Waals surface area contributed by atoms with Crippen LogP contribution >= 0.6 is 11.3 Å². The van der Waals surface area contributed by atoms with Gasteiger partial charge in [0.2, 0.25) is 5.91 Å². The number of amides is 1. The van der Waals surface area contributed by atoms with E-state index in [1.807, 2.05) is 47.2 Å². The predicted molar refractivity (Wildman–Crippen MR) is 97.6 cm³/mol. The van der Waals surface area contributed by atoms with Crippen molar-refractivity contribution in [3.05, 3.63) is 53.0 Å². The third-order valence-corrected chi connectivity index (χ3v) is 4.65. The highest BCUT2D eigenvalue weighted by Crippen LogP contribution is 2.21. The number of aromatic nitrogens is 3. The minimum atomic E-state index is -0.181. The molecule has 0 spiro atoms. The maximum atomic E-state index is 12.1. The van der Waals surface area contributed by atoms with E-state index in [1.54, 1.807) is 12.4 Å². The number of nitrogens with one attached hydrogen (secondary N) is 1. The molecule has 1 amide bonds. The SMILES string of the molecule is CCn1cnnc1-c1cccc(NC(=O)CCC(=O)c2cccs2)c1. The molecule has 2 aromatic heterocycles. The molecule has 0 atom stereocenters. The lowest BCUT2D eigenvalue weighted by Gasteiger charge is -2.08. The Morgan fingerprint density at radius 2 is 2.08 bits per heavy atom. The van der Waals surface area contributed by atoms with Crippen molar-refractivity contribution >= 4 is 28.7 Å². The number of hydrogen-bond acceptors (Lipinski definition) is 5. The van der Waals surface area contributed by atoms with Crippen molar-refractivity contribution < 1.29 is 9.59 Å². The van der Waals surface area contributed by atoms with Crippen LogP contribution in [0.25, 0.3) is 11.4 Å². The predicted octanol–water partition coefficient (Wildman–Crippen LogP) is 3.63. The molecule has 0 bridgehead atoms. The monoisotopic (exact) mass is 354 g/mol. The normalized spacial score (nSPS) is 10.6. The van der Waals surface area contributed by atoms with Gasteiger partial charge >= 0.3 is 0 Å². The Labute approximate surface area is 149 Å². The third-order valence-electron chi connectivity index (χ3n) is 3.74. The summed E-state index contributed by atoms with van der Waals surface area (Å²) in [5.74, 6) is 0.570. The molecular formula is C18H18N4O2S. The Morgan fingerprint density at radius 3 is 2.84 bits per heavy atom. The van der Waals surface area contributed by atoms with Crippen LogP contribution in [-0.4, -0.2) is 26.5 Å². The summed E-state index contributed by atoms with van der Waals surface area (Å²) in [7, 11) is 0. The molecule has 0 aliphatic heterocycles. The molecule has 7 heteroatoms. The number of benzene rings is 1. The summed E-state index contributed by atoms with van der Waals surface area (Å²) in [6.07, 6.45) is 2.04. The van der Waals surface area contributed by atoms with Gasteiger partial charge in [0.1, 0.15) is 6.33 Å². The van der Waals surface area contributed by atoms with Crippen molar-refractivity contribution in [3.63, 3.8) is 0 Å². The fourth-order valence-electron chi connectivity index (χ4n) is 2.46. The van der Waals surface area contributed by atoms with Crippen LogP contribution in [0.3, 0.4) is 0 Å². The van der Waals surface area contributed by atoms with Gasteiger partial charge in [-0.2, -0.15) is 0 Å². The van der Waals surface area contributed by atoms with Crippen molar-refractivity contribution in [3.8, 4) is 11.4 Å². The molecule has 0 saturated carbocycles. The molecular weight excluding hydrogens is 336 g/mol. The van der Waals surface area contributed by atoms with E-state index >= 15 is 0 Å². The number of Topliss-reactive ketones (excluding diaryl/α,β-unsaturated/α-hetero) is 1. The largest absolute Gasteiger partial charge is 0.326 e. The molecule has 0 aliphatic carbocycles. The summed E-state index contributed by atoms with van der Waals surface area (Å²) < 4.78 is 1.93. The van der Waals surface area contributed by atoms with Crippen LogP contribution in [0.4, 0.5) is 5.69 Å². The van der Waals surface area contributed by atoms with Gasteiger partial charge in [-0.1, -0.05) is 18.2 Å². The molecule has 0 radical (unpaired) electrons. The quantitative estimate of drug-likeness (QED) is 0.657. The maximum absolute atomic E-state index is 12.1. The molecule has 6 nitrogen and oxygen atoms in total. The lowest BCUT2D eigenvalue weighted by atomic mass is 10.1. The van der Waals surface area contributed by atoms with Crippen molar-refractivity contribution in [2.75, 3.05) is 5.32 Å². The lowest BCUT2D eigenvalue weighted by molar-refractivity contribution is -0.116. The molecule has 1 aromatic carbocycles. The van der Waals surface area contributed by atoms with Crippen molar-refractivity contribution in [2.24, 2.45) is 0 Å². The molecule has 2 heterocycles. The van der Waals surface area contributed by atoms with Crippen molar-refractivity contribution in [1.82, 2.24) is 14.8 Å². The Bertz CT molecular complexity index is 871. The number of thiophene rings is 1. The molecule has 128 valence electrons. The van der Waals surface area contributed by atoms with Crippen LogP contribution in [0.5, 0.6) is 0 Å². The van der Waals surface area contributed by atoms with Gasteiger partial charge in [0.05, 0.1) is 4.88 Å². The number of carbonyl (C=O) groups is 2. The summed E-state index contributed by atoms with van der Waals surface area (Å²) in [6, 6.07) is 11.1. The van der Waals surface area contributed by atoms with Crippen LogP contribution in [0.1, 0.15) is 29.4 Å². The topological polar surface area (TPSA) is 76.9 Å². The van der Waals surface area contributed by atoms with Gasteiger partial charge in [0.25, 0.3) is 0 Å². The van der Waals surface area contributed by atoms with E-state index in [4.69, 9.17) is 0 Å². The average Bonchev–Trinajstić information content (AvgIpc) is 3.31. The van der Waals surface area contributed by atoms with Gasteiger partial charge in [-0.15, -0.1) is 21.5 Å². The summed E-state index contributed by atoms with van der Waals surface area (Å²) in [6.45, 7) is 2.78. The van der Waals surface area contributed by atoms with Crippen LogP contribution in [0.15, 0.2) is 48.1 Å². The Hall–Kier alpha value is -2.80. The van der Waals surface area contributed by atoms with Crippen molar-refractivity contribution in [2.45, 2.75) is 26.3 Å². The summed E-state index contributed by atoms with van der Waals surface area (Å²) in [5.41, 5.74) is 1.56. The van der Waals surface area contributed by atoms with Crippen LogP contribution in [0, 0.1) is 0 Å². The smallest absolute Gasteiger partial charge is 0.224 e. The standard InChI is InChI=1S/C18H18N4O2S/c1-2-22-12-19-21-18(22)13-5-3-6-14(11-13)20-17(24)9-8-15(23)16-7-4-10-25-16/h3-7,10-12H,2,8-9H2,1H3,(H,20,24). The molecule has 0 aliphatic rings. The zero-order chi connectivity index (χ0) is 17.6. The molecule has 0 saturated heterocycles. The highest BCUT2D eigenvalue weighted by Gasteiger charge is 2.11. The second-order valence-electron chi connectivity index (χ2n) is 5.47. The van der Waals surface area contributed by atoms with Gasteiger partial charge in [0.15, 0.2) is 11.6 Å². The molecule has 3 rings (SSSR count). The first-order valence-corrected chi connectivity index (χ1v) is 8.90. The maximum Gasteiger partial charge on any atom is 0.224 e. The minimum Gasteiger partial charge on any atom is -0.326 e. The number of ketones is 1. The first-order chi connectivity index (χ1) is 12.2. The number of aryl methyl sites for hydroxylation is 1. The molecule has 0 fully saturated rings. The van der Waals surface area contributed by atoms with E-state index in [0.29, 0.717) is 10.6 Å². The fraction of sp³-hybridized carbons (Fsp3) is 0.222. The van der Waals surface area contributed by atoms with E-state index < -0.39 is 0 Å². The molecule has 3 aromatic rings. The Morgan fingerprint density at radius 1 is 1.20 bits per heavy atom. The highest BCUT2D eigenvalue weighted by molar-refractivity contribution is 7.12. The first-order valence-electron chi connectivity index (χ1n) is 8.02. The van der Waals surface area contributed by atoms with Crippen molar-refractivity contribution in [1.29, 1.82) is 0 Å². The molecule has 1 N–H and O–H groups in total. The number of nitrogens with zero attached hydrogens (tertiary/aromatic N) is 3. The zero-order valence-corrected chi connectivity index (χ0v) is 14.6. The van der Waals surface area contributed by atoms with Crippen LogP contribution in [0.2, 0.25) is 0 Å². The van der Waals surface area contributed by atoms with Gasteiger partial charge in [-0.25, -0.2) is 0 Å². The number of hydrogen-bond donors (Lipinski definition) is 1. The van der Waals surface area contributed by atoms with Crippen LogP contribution < -0.4 is 5.32 Å². The van der Waals surface area contributed by atoms with Gasteiger partial charge in [-0.3, -0.25) is 9.59 Å². The van der Waals surface area contributed by atoms with E-state index in [-0.39, 0.29) is 24.5 Å². The summed E-state index contributed by atoms with van der Waals surface area (Å²) in [5, 5.41) is 12.7. The number of anilines is 1. The van der Waals surface area contributed by atoms with Gasteiger partial charge in [0, 0.05) is 30.6 Å². The second-order valence-corrected chi connectivity index (χ2v) is 6.42. The average molecular weight is 354 g/mol. The van der Waals surface area contributed by atoms with Crippen LogP contribution in [-0.2, 0) is 11.3 Å². The Kier molecular flexibility index (Phi) is 5.35. The number of rotatable bonds is 7. The van der Waals surface area contributed by atoms with E-state index in [1.165, 1.54) is 11.3 Å². The Balaban J connectivity index is 1.62. The second kappa shape index (κ2) is 7.85. The third kappa shape index (κ3) is 4.19. The summed E-state index contributed by atoms with van der Waals surface area (Å²) in [4.78, 5) is 24.8. The lowest BCUT2D eigenvalue weighted by Crippen LogP contribution is -2.13. The zero-order valence-electron chi connectivity index (χ0n) is 13.8. The van der Waals surface area contributed by atoms with E-state index in [2.05, 4.69) is 15.5 Å². The fourth-order valence-corrected chi connectivity index (χ4v) is 3.15. The van der Waals surface area contributed by atoms with E-state index in [9.17, 15) is 9.59 Å².